The van der Waals surface area contributed by atoms with Crippen molar-refractivity contribution >= 4 is 15.9 Å². The lowest BCUT2D eigenvalue weighted by atomic mass is 9.92. The van der Waals surface area contributed by atoms with Crippen LogP contribution in [-0.2, 0) is 11.2 Å². The Bertz CT molecular complexity index is 770. The van der Waals surface area contributed by atoms with Gasteiger partial charge in [-0.05, 0) is 41.3 Å². The van der Waals surface area contributed by atoms with Crippen LogP contribution in [0.25, 0.3) is 0 Å². The molecular weight excluding hydrogens is 382 g/mol. The first-order valence-corrected chi connectivity index (χ1v) is 9.10. The van der Waals surface area contributed by atoms with Crippen molar-refractivity contribution in [2.24, 2.45) is 0 Å². The van der Waals surface area contributed by atoms with Crippen molar-refractivity contribution in [3.8, 4) is 6.07 Å². The molecule has 3 atom stereocenters. The fourth-order valence-corrected chi connectivity index (χ4v) is 3.48. The zero-order valence-corrected chi connectivity index (χ0v) is 15.3. The highest BCUT2D eigenvalue weighted by atomic mass is 79.9. The largest absolute Gasteiger partial charge is 0.394 e. The maximum atomic E-state index is 10.0. The molecule has 3 unspecified atom stereocenters. The number of halogens is 1. The van der Waals surface area contributed by atoms with E-state index in [2.05, 4.69) is 22.0 Å². The second kappa shape index (κ2) is 8.11. The summed E-state index contributed by atoms with van der Waals surface area (Å²) in [7, 11) is 0. The monoisotopic (exact) mass is 401 g/mol. The average Bonchev–Trinajstić information content (AvgIpc) is 2.63. The summed E-state index contributed by atoms with van der Waals surface area (Å²) in [5.41, 5.74) is 3.63. The van der Waals surface area contributed by atoms with E-state index in [-0.39, 0.29) is 18.8 Å². The van der Waals surface area contributed by atoms with Crippen molar-refractivity contribution in [2.45, 2.75) is 37.6 Å². The minimum absolute atomic E-state index is 0.102. The van der Waals surface area contributed by atoms with E-state index >= 15 is 0 Å². The third kappa shape index (κ3) is 4.47. The van der Waals surface area contributed by atoms with E-state index in [1.807, 2.05) is 42.5 Å². The van der Waals surface area contributed by atoms with E-state index in [1.54, 1.807) is 0 Å². The topological polar surface area (TPSA) is 73.5 Å². The van der Waals surface area contributed by atoms with Gasteiger partial charge in [0.05, 0.1) is 36.6 Å². The van der Waals surface area contributed by atoms with Gasteiger partial charge in [0.2, 0.25) is 0 Å². The Hall–Kier alpha value is -1.71. The van der Waals surface area contributed by atoms with Gasteiger partial charge >= 0.3 is 0 Å². The molecule has 3 rings (SSSR count). The molecule has 1 fully saturated rings. The highest BCUT2D eigenvalue weighted by Gasteiger charge is 2.29. The van der Waals surface area contributed by atoms with Gasteiger partial charge in [0.25, 0.3) is 0 Å². The predicted octanol–water partition coefficient (Wildman–Crippen LogP) is 3.48. The van der Waals surface area contributed by atoms with Crippen LogP contribution < -0.4 is 0 Å². The van der Waals surface area contributed by atoms with Crippen LogP contribution in [0.5, 0.6) is 0 Å². The summed E-state index contributed by atoms with van der Waals surface area (Å²) in [5.74, 6) is 0. The number of hydrogen-bond acceptors (Lipinski definition) is 4. The minimum atomic E-state index is -0.485. The fraction of sp³-hybridized carbons (Fsp3) is 0.350. The molecule has 130 valence electrons. The Kier molecular flexibility index (Phi) is 5.87. The lowest BCUT2D eigenvalue weighted by Crippen LogP contribution is -2.33. The molecule has 1 aliphatic rings. The van der Waals surface area contributed by atoms with Gasteiger partial charge in [0.15, 0.2) is 0 Å². The number of rotatable bonds is 4. The lowest BCUT2D eigenvalue weighted by Gasteiger charge is -2.32. The predicted molar refractivity (Wildman–Crippen MR) is 98.0 cm³/mol. The Balaban J connectivity index is 1.87. The molecule has 0 aliphatic carbocycles. The number of ether oxygens (including phenoxy) is 1. The third-order valence-corrected chi connectivity index (χ3v) is 5.04. The summed E-state index contributed by atoms with van der Waals surface area (Å²) < 4.78 is 6.91. The van der Waals surface area contributed by atoms with Gasteiger partial charge < -0.3 is 14.9 Å². The Morgan fingerprint density at radius 1 is 1.16 bits per heavy atom. The summed E-state index contributed by atoms with van der Waals surface area (Å²) in [4.78, 5) is 0. The average molecular weight is 402 g/mol. The van der Waals surface area contributed by atoms with Gasteiger partial charge in [-0.3, -0.25) is 0 Å². The van der Waals surface area contributed by atoms with Crippen LogP contribution in [0.4, 0.5) is 0 Å². The van der Waals surface area contributed by atoms with E-state index in [1.165, 1.54) is 0 Å². The quantitative estimate of drug-likeness (QED) is 0.821. The minimum Gasteiger partial charge on any atom is -0.394 e. The van der Waals surface area contributed by atoms with Crippen LogP contribution in [-0.4, -0.2) is 29.0 Å². The van der Waals surface area contributed by atoms with Crippen LogP contribution >= 0.6 is 15.9 Å². The Labute approximate surface area is 155 Å². The lowest BCUT2D eigenvalue weighted by molar-refractivity contribution is -0.113. The maximum absolute atomic E-state index is 10.0. The molecule has 2 aromatic carbocycles. The van der Waals surface area contributed by atoms with Crippen molar-refractivity contribution in [1.82, 2.24) is 0 Å². The van der Waals surface area contributed by atoms with Crippen molar-refractivity contribution in [2.75, 3.05) is 6.61 Å². The molecule has 1 saturated heterocycles. The molecule has 4 nitrogen and oxygen atoms in total. The summed E-state index contributed by atoms with van der Waals surface area (Å²) in [5, 5.41) is 28.8. The number of nitrogens with zero attached hydrogens (tertiary/aromatic N) is 1. The van der Waals surface area contributed by atoms with Crippen molar-refractivity contribution in [1.29, 1.82) is 5.26 Å². The maximum Gasteiger partial charge on any atom is 0.0994 e. The highest BCUT2D eigenvalue weighted by molar-refractivity contribution is 9.10. The van der Waals surface area contributed by atoms with Gasteiger partial charge in [-0.2, -0.15) is 5.26 Å². The number of aliphatic hydroxyl groups excluding tert-OH is 2. The first-order chi connectivity index (χ1) is 12.1. The number of benzene rings is 2. The molecule has 25 heavy (non-hydrogen) atoms. The van der Waals surface area contributed by atoms with Crippen molar-refractivity contribution < 1.29 is 14.9 Å². The molecule has 5 heteroatoms. The molecule has 0 saturated carbocycles. The number of nitriles is 1. The second-order valence-corrected chi connectivity index (χ2v) is 7.30. The third-order valence-electron chi connectivity index (χ3n) is 4.51. The highest BCUT2D eigenvalue weighted by Crippen LogP contribution is 2.32. The summed E-state index contributed by atoms with van der Waals surface area (Å²) >= 11 is 3.43. The van der Waals surface area contributed by atoms with Gasteiger partial charge in [0, 0.05) is 17.3 Å². The molecule has 1 aliphatic heterocycles. The molecule has 2 N–H and O–H groups in total. The second-order valence-electron chi connectivity index (χ2n) is 6.39. The normalized spacial score (nSPS) is 23.2. The molecule has 1 heterocycles. The van der Waals surface area contributed by atoms with Crippen molar-refractivity contribution in [3.63, 3.8) is 0 Å². The van der Waals surface area contributed by atoms with Gasteiger partial charge in [-0.15, -0.1) is 0 Å². The summed E-state index contributed by atoms with van der Waals surface area (Å²) in [6.45, 7) is -0.102. The summed E-state index contributed by atoms with van der Waals surface area (Å²) in [6.07, 6.45) is 0.510. The van der Waals surface area contributed by atoms with E-state index in [4.69, 9.17) is 4.74 Å². The van der Waals surface area contributed by atoms with Gasteiger partial charge in [0.1, 0.15) is 0 Å². The molecule has 0 radical (unpaired) electrons. The SMILES string of the molecule is N#Cc1ccc(C2CC(O)CC(CO)O2)cc1Cc1ccc(Br)cc1. The first-order valence-electron chi connectivity index (χ1n) is 8.30. The molecule has 0 spiro atoms. The molecular formula is C20H20BrNO3. The zero-order chi connectivity index (χ0) is 17.8. The number of aliphatic hydroxyl groups is 2. The van der Waals surface area contributed by atoms with Gasteiger partial charge in [-0.25, -0.2) is 0 Å². The summed E-state index contributed by atoms with van der Waals surface area (Å²) in [6, 6.07) is 15.9. The van der Waals surface area contributed by atoms with Gasteiger partial charge in [-0.1, -0.05) is 40.2 Å². The van der Waals surface area contributed by atoms with E-state index in [0.717, 1.165) is 21.2 Å². The Morgan fingerprint density at radius 2 is 1.92 bits per heavy atom. The fourth-order valence-electron chi connectivity index (χ4n) is 3.21. The molecule has 0 bridgehead atoms. The van der Waals surface area contributed by atoms with E-state index < -0.39 is 6.10 Å². The molecule has 0 aromatic heterocycles. The van der Waals surface area contributed by atoms with Crippen LogP contribution in [0.3, 0.4) is 0 Å². The van der Waals surface area contributed by atoms with Crippen LogP contribution in [0.1, 0.15) is 41.2 Å². The van der Waals surface area contributed by atoms with E-state index in [9.17, 15) is 15.5 Å². The van der Waals surface area contributed by atoms with Crippen LogP contribution in [0, 0.1) is 11.3 Å². The van der Waals surface area contributed by atoms with Crippen LogP contribution in [0.15, 0.2) is 46.9 Å². The first kappa shape index (κ1) is 18.1. The molecule has 0 amide bonds. The number of hydrogen-bond donors (Lipinski definition) is 2. The van der Waals surface area contributed by atoms with Crippen molar-refractivity contribution in [3.05, 3.63) is 69.2 Å². The van der Waals surface area contributed by atoms with E-state index in [0.29, 0.717) is 24.8 Å². The molecule has 2 aromatic rings. The smallest absolute Gasteiger partial charge is 0.0994 e. The Morgan fingerprint density at radius 3 is 2.60 bits per heavy atom. The zero-order valence-electron chi connectivity index (χ0n) is 13.7. The van der Waals surface area contributed by atoms with Crippen LogP contribution in [0.2, 0.25) is 0 Å². The standard InChI is InChI=1S/C20H20BrNO3/c21-17-5-1-13(2-6-17)7-16-8-14(3-4-15(16)11-22)20-10-18(24)9-19(12-23)25-20/h1-6,8,18-20,23-24H,7,9-10,12H2.